The Balaban J connectivity index is 1.84. The summed E-state index contributed by atoms with van der Waals surface area (Å²) in [5.41, 5.74) is 0. The second-order valence-corrected chi connectivity index (χ2v) is 5.15. The van der Waals surface area contributed by atoms with E-state index in [0.717, 1.165) is 6.54 Å². The first-order valence-corrected chi connectivity index (χ1v) is 6.39. The van der Waals surface area contributed by atoms with Crippen LogP contribution in [0.25, 0.3) is 0 Å². The van der Waals surface area contributed by atoms with Crippen LogP contribution in [-0.2, 0) is 14.3 Å². The molecule has 2 heterocycles. The van der Waals surface area contributed by atoms with E-state index in [0.29, 0.717) is 32.7 Å². The van der Waals surface area contributed by atoms with Crippen LogP contribution in [0.15, 0.2) is 0 Å². The highest BCUT2D eigenvalue weighted by atomic mass is 16.5. The number of carboxylic acid groups (broad SMARTS) is 1. The number of likely N-dealkylation sites (tertiary alicyclic amines) is 1. The zero-order valence-electron chi connectivity index (χ0n) is 10.6. The molecule has 0 aromatic heterocycles. The minimum Gasteiger partial charge on any atom is -0.481 e. The number of aliphatic carboxylic acids is 1. The van der Waals surface area contributed by atoms with Crippen molar-refractivity contribution in [3.05, 3.63) is 0 Å². The van der Waals surface area contributed by atoms with E-state index in [1.165, 1.54) is 0 Å². The number of nitrogens with zero attached hydrogens (tertiary/aromatic N) is 1. The Morgan fingerprint density at radius 2 is 2.22 bits per heavy atom. The maximum absolute atomic E-state index is 12.1. The van der Waals surface area contributed by atoms with Crippen molar-refractivity contribution in [2.45, 2.75) is 19.4 Å². The van der Waals surface area contributed by atoms with Crippen LogP contribution in [0, 0.1) is 11.8 Å². The molecule has 2 aliphatic rings. The van der Waals surface area contributed by atoms with E-state index < -0.39 is 11.9 Å². The molecule has 3 atom stereocenters. The average molecular weight is 256 g/mol. The summed E-state index contributed by atoms with van der Waals surface area (Å²) in [7, 11) is 0. The van der Waals surface area contributed by atoms with Gasteiger partial charge in [0.05, 0.1) is 19.1 Å². The Labute approximate surface area is 106 Å². The smallest absolute Gasteiger partial charge is 0.308 e. The third-order valence-corrected chi connectivity index (χ3v) is 3.70. The second-order valence-electron chi connectivity index (χ2n) is 5.15. The minimum absolute atomic E-state index is 0.0219. The van der Waals surface area contributed by atoms with Crippen molar-refractivity contribution in [3.63, 3.8) is 0 Å². The average Bonchev–Trinajstić information content (AvgIpc) is 2.73. The summed E-state index contributed by atoms with van der Waals surface area (Å²) in [5.74, 6) is -1.18. The summed E-state index contributed by atoms with van der Waals surface area (Å²) >= 11 is 0. The first kappa shape index (κ1) is 13.3. The topological polar surface area (TPSA) is 78.9 Å². The van der Waals surface area contributed by atoms with E-state index in [1.54, 1.807) is 4.90 Å². The minimum atomic E-state index is -0.808. The number of amides is 1. The largest absolute Gasteiger partial charge is 0.481 e. The zero-order chi connectivity index (χ0) is 13.1. The van der Waals surface area contributed by atoms with E-state index in [1.807, 2.05) is 6.92 Å². The predicted molar refractivity (Wildman–Crippen MR) is 64.1 cm³/mol. The van der Waals surface area contributed by atoms with Crippen LogP contribution in [0.1, 0.15) is 13.3 Å². The molecule has 0 bridgehead atoms. The summed E-state index contributed by atoms with van der Waals surface area (Å²) < 4.78 is 5.30. The fourth-order valence-corrected chi connectivity index (χ4v) is 2.58. The maximum Gasteiger partial charge on any atom is 0.308 e. The van der Waals surface area contributed by atoms with Crippen molar-refractivity contribution in [1.29, 1.82) is 0 Å². The number of carboxylic acids is 1. The molecule has 0 aromatic carbocycles. The van der Waals surface area contributed by atoms with Crippen molar-refractivity contribution in [2.24, 2.45) is 11.8 Å². The lowest BCUT2D eigenvalue weighted by atomic mass is 9.99. The Kier molecular flexibility index (Phi) is 4.19. The van der Waals surface area contributed by atoms with E-state index in [-0.39, 0.29) is 17.9 Å². The van der Waals surface area contributed by atoms with Gasteiger partial charge in [-0.2, -0.15) is 0 Å². The van der Waals surface area contributed by atoms with Gasteiger partial charge in [-0.25, -0.2) is 0 Å². The van der Waals surface area contributed by atoms with Gasteiger partial charge in [-0.15, -0.1) is 0 Å². The van der Waals surface area contributed by atoms with E-state index in [2.05, 4.69) is 5.32 Å². The lowest BCUT2D eigenvalue weighted by Gasteiger charge is -2.25. The second kappa shape index (κ2) is 5.67. The molecule has 0 radical (unpaired) electrons. The van der Waals surface area contributed by atoms with Gasteiger partial charge in [-0.05, 0) is 5.92 Å². The number of morpholine rings is 1. The van der Waals surface area contributed by atoms with E-state index in [4.69, 9.17) is 9.84 Å². The summed E-state index contributed by atoms with van der Waals surface area (Å²) in [5, 5.41) is 12.3. The van der Waals surface area contributed by atoms with Crippen LogP contribution in [0.2, 0.25) is 0 Å². The quantitative estimate of drug-likeness (QED) is 0.714. The molecule has 6 nitrogen and oxygen atoms in total. The van der Waals surface area contributed by atoms with Gasteiger partial charge in [0.2, 0.25) is 5.91 Å². The first-order valence-electron chi connectivity index (χ1n) is 6.39. The van der Waals surface area contributed by atoms with Gasteiger partial charge in [0.1, 0.15) is 0 Å². The Morgan fingerprint density at radius 1 is 1.44 bits per heavy atom. The van der Waals surface area contributed by atoms with Crippen LogP contribution in [-0.4, -0.2) is 60.8 Å². The molecule has 2 fully saturated rings. The van der Waals surface area contributed by atoms with Gasteiger partial charge < -0.3 is 20.1 Å². The molecule has 1 amide bonds. The van der Waals surface area contributed by atoms with E-state index >= 15 is 0 Å². The van der Waals surface area contributed by atoms with Gasteiger partial charge in [-0.3, -0.25) is 9.59 Å². The SMILES string of the molecule is C[C@@H]1CN(C(=O)CC2COCCN2)C[C@H]1C(=O)O. The molecule has 6 heteroatoms. The normalized spacial score (nSPS) is 32.5. The van der Waals surface area contributed by atoms with Gasteiger partial charge in [0, 0.05) is 32.1 Å². The summed E-state index contributed by atoms with van der Waals surface area (Å²) in [6, 6.07) is 0.0606. The lowest BCUT2D eigenvalue weighted by Crippen LogP contribution is -2.44. The third kappa shape index (κ3) is 3.00. The number of nitrogens with one attached hydrogen (secondary N) is 1. The number of ether oxygens (including phenoxy) is 1. The summed E-state index contributed by atoms with van der Waals surface area (Å²) in [4.78, 5) is 24.7. The van der Waals surface area contributed by atoms with Crippen molar-refractivity contribution in [2.75, 3.05) is 32.8 Å². The molecular formula is C12H20N2O4. The highest BCUT2D eigenvalue weighted by molar-refractivity contribution is 5.79. The molecule has 102 valence electrons. The van der Waals surface area contributed by atoms with Gasteiger partial charge in [0.25, 0.3) is 0 Å². The van der Waals surface area contributed by atoms with Crippen LogP contribution < -0.4 is 5.32 Å². The fraction of sp³-hybridized carbons (Fsp3) is 0.833. The monoisotopic (exact) mass is 256 g/mol. The van der Waals surface area contributed by atoms with Crippen LogP contribution in [0.4, 0.5) is 0 Å². The Hall–Kier alpha value is -1.14. The summed E-state index contributed by atoms with van der Waals surface area (Å²) in [6.07, 6.45) is 0.388. The molecule has 18 heavy (non-hydrogen) atoms. The number of rotatable bonds is 3. The maximum atomic E-state index is 12.1. The van der Waals surface area contributed by atoms with Crippen molar-refractivity contribution < 1.29 is 19.4 Å². The van der Waals surface area contributed by atoms with E-state index in [9.17, 15) is 9.59 Å². The van der Waals surface area contributed by atoms with Crippen LogP contribution >= 0.6 is 0 Å². The lowest BCUT2D eigenvalue weighted by molar-refractivity contribution is -0.142. The highest BCUT2D eigenvalue weighted by Gasteiger charge is 2.37. The number of carbonyl (C=O) groups is 2. The Morgan fingerprint density at radius 3 is 2.78 bits per heavy atom. The zero-order valence-corrected chi connectivity index (χ0v) is 10.6. The molecule has 0 spiro atoms. The molecule has 2 aliphatic heterocycles. The van der Waals surface area contributed by atoms with Gasteiger partial charge >= 0.3 is 5.97 Å². The van der Waals surface area contributed by atoms with Gasteiger partial charge in [0.15, 0.2) is 0 Å². The molecular weight excluding hydrogens is 236 g/mol. The number of hydrogen-bond acceptors (Lipinski definition) is 4. The molecule has 1 unspecified atom stereocenters. The molecule has 0 aliphatic carbocycles. The molecule has 2 saturated heterocycles. The third-order valence-electron chi connectivity index (χ3n) is 3.70. The Bertz CT molecular complexity index is 328. The molecule has 0 saturated carbocycles. The first-order chi connectivity index (χ1) is 8.58. The number of carbonyl (C=O) groups excluding carboxylic acids is 1. The number of hydrogen-bond donors (Lipinski definition) is 2. The molecule has 2 rings (SSSR count). The van der Waals surface area contributed by atoms with Crippen molar-refractivity contribution in [1.82, 2.24) is 10.2 Å². The van der Waals surface area contributed by atoms with Crippen molar-refractivity contribution >= 4 is 11.9 Å². The predicted octanol–water partition coefficient (Wildman–Crippen LogP) is -0.456. The summed E-state index contributed by atoms with van der Waals surface area (Å²) in [6.45, 7) is 4.77. The molecule has 0 aromatic rings. The standard InChI is InChI=1S/C12H20N2O4/c1-8-5-14(6-10(8)12(16)17)11(15)4-9-7-18-3-2-13-9/h8-10,13H,2-7H2,1H3,(H,16,17)/t8-,9?,10-/m1/s1. The van der Waals surface area contributed by atoms with Crippen LogP contribution in [0.5, 0.6) is 0 Å². The highest BCUT2D eigenvalue weighted by Crippen LogP contribution is 2.23. The van der Waals surface area contributed by atoms with Crippen LogP contribution in [0.3, 0.4) is 0 Å². The fourth-order valence-electron chi connectivity index (χ4n) is 2.58. The molecule has 2 N–H and O–H groups in total. The van der Waals surface area contributed by atoms with Crippen molar-refractivity contribution in [3.8, 4) is 0 Å². The van der Waals surface area contributed by atoms with Gasteiger partial charge in [-0.1, -0.05) is 6.92 Å².